The molecule has 4 rings (SSSR count). The Hall–Kier alpha value is -4.05. The molecule has 2 heterocycles. The van der Waals surface area contributed by atoms with Crippen LogP contribution in [0, 0.1) is 0 Å². The Labute approximate surface area is 176 Å². The van der Waals surface area contributed by atoms with Crippen LogP contribution in [0.1, 0.15) is 5.56 Å². The first-order valence-electron chi connectivity index (χ1n) is 9.08. The minimum absolute atomic E-state index is 0.0411. The third-order valence-corrected chi connectivity index (χ3v) is 6.33. The molecule has 9 nitrogen and oxygen atoms in total. The maximum atomic E-state index is 12.9. The molecule has 0 aliphatic carbocycles. The molecule has 2 aromatic heterocycles. The highest BCUT2D eigenvalue weighted by molar-refractivity contribution is 7.91. The van der Waals surface area contributed by atoms with Crippen molar-refractivity contribution in [2.24, 2.45) is 0 Å². The summed E-state index contributed by atoms with van der Waals surface area (Å²) in [5, 5.41) is 16.0. The van der Waals surface area contributed by atoms with Crippen LogP contribution < -0.4 is 10.9 Å². The number of sulfone groups is 1. The molecule has 10 heteroatoms. The van der Waals surface area contributed by atoms with Gasteiger partial charge >= 0.3 is 6.09 Å². The van der Waals surface area contributed by atoms with Crippen LogP contribution in [-0.2, 0) is 16.4 Å². The molecule has 2 N–H and O–H groups in total. The average Bonchev–Trinajstić information content (AvgIpc) is 2.76. The first-order chi connectivity index (χ1) is 14.8. The fourth-order valence-electron chi connectivity index (χ4n) is 3.13. The van der Waals surface area contributed by atoms with Gasteiger partial charge in [0.05, 0.1) is 27.9 Å². The van der Waals surface area contributed by atoms with Crippen molar-refractivity contribution in [2.75, 3.05) is 5.32 Å². The molecule has 0 saturated heterocycles. The van der Waals surface area contributed by atoms with Crippen LogP contribution in [0.2, 0.25) is 0 Å². The number of fused-ring (bicyclic) bond motifs is 1. The first-order valence-corrected chi connectivity index (χ1v) is 10.6. The maximum Gasteiger partial charge on any atom is 0.409 e. The average molecular weight is 436 g/mol. The lowest BCUT2D eigenvalue weighted by molar-refractivity contribution is 0.209. The van der Waals surface area contributed by atoms with Crippen molar-refractivity contribution in [1.82, 2.24) is 14.8 Å². The summed E-state index contributed by atoms with van der Waals surface area (Å²) in [6.45, 7) is 0.125. The lowest BCUT2D eigenvalue weighted by atomic mass is 10.2. The molecule has 0 unspecified atom stereocenters. The van der Waals surface area contributed by atoms with Crippen LogP contribution in [0.4, 0.5) is 10.5 Å². The van der Waals surface area contributed by atoms with Gasteiger partial charge in [-0.1, -0.05) is 12.1 Å². The summed E-state index contributed by atoms with van der Waals surface area (Å²) >= 11 is 0. The number of amides is 1. The number of nitrogens with zero attached hydrogens (tertiary/aromatic N) is 3. The van der Waals surface area contributed by atoms with E-state index in [0.29, 0.717) is 22.0 Å². The molecule has 31 heavy (non-hydrogen) atoms. The maximum absolute atomic E-state index is 12.9. The van der Waals surface area contributed by atoms with E-state index in [-0.39, 0.29) is 21.9 Å². The highest BCUT2D eigenvalue weighted by atomic mass is 32.2. The van der Waals surface area contributed by atoms with Crippen molar-refractivity contribution in [1.29, 1.82) is 0 Å². The number of hydrogen-bond acceptors (Lipinski definition) is 6. The molecular formula is C21H16N4O5S. The second-order valence-corrected chi connectivity index (χ2v) is 8.63. The van der Waals surface area contributed by atoms with Crippen molar-refractivity contribution in [3.05, 3.63) is 89.1 Å². The molecule has 0 atom stereocenters. The number of carbonyl (C=O) groups is 1. The molecule has 4 aromatic rings. The Bertz CT molecular complexity index is 1450. The molecule has 0 saturated carbocycles. The van der Waals surface area contributed by atoms with Crippen LogP contribution in [0.5, 0.6) is 0 Å². The van der Waals surface area contributed by atoms with Gasteiger partial charge in [0.25, 0.3) is 5.56 Å². The Kier molecular flexibility index (Phi) is 5.22. The van der Waals surface area contributed by atoms with Gasteiger partial charge in [0, 0.05) is 23.5 Å². The quantitative estimate of drug-likeness (QED) is 0.492. The number of benzene rings is 2. The molecule has 0 aliphatic rings. The third-order valence-electron chi connectivity index (χ3n) is 4.59. The second kappa shape index (κ2) is 8.00. The minimum atomic E-state index is -3.77. The van der Waals surface area contributed by atoms with Crippen LogP contribution in [0.15, 0.2) is 87.8 Å². The van der Waals surface area contributed by atoms with E-state index < -0.39 is 15.9 Å². The van der Waals surface area contributed by atoms with E-state index in [1.807, 2.05) is 0 Å². The Morgan fingerprint density at radius 3 is 2.61 bits per heavy atom. The molecular weight excluding hydrogens is 420 g/mol. The van der Waals surface area contributed by atoms with Crippen molar-refractivity contribution in [3.8, 4) is 0 Å². The van der Waals surface area contributed by atoms with Crippen molar-refractivity contribution in [2.45, 2.75) is 16.3 Å². The van der Waals surface area contributed by atoms with Crippen LogP contribution in [0.3, 0.4) is 0 Å². The predicted octanol–water partition coefficient (Wildman–Crippen LogP) is 2.76. The van der Waals surface area contributed by atoms with Crippen LogP contribution >= 0.6 is 0 Å². The van der Waals surface area contributed by atoms with E-state index in [1.165, 1.54) is 53.6 Å². The van der Waals surface area contributed by atoms with E-state index in [4.69, 9.17) is 5.11 Å². The normalized spacial score (nSPS) is 11.4. The van der Waals surface area contributed by atoms with E-state index in [0.717, 1.165) is 0 Å². The van der Waals surface area contributed by atoms with Gasteiger partial charge in [-0.25, -0.2) is 17.9 Å². The molecule has 2 aromatic carbocycles. The summed E-state index contributed by atoms with van der Waals surface area (Å²) in [6, 6.07) is 13.9. The van der Waals surface area contributed by atoms with Crippen LogP contribution in [0.25, 0.3) is 10.8 Å². The molecule has 0 fully saturated rings. The van der Waals surface area contributed by atoms with Gasteiger partial charge in [-0.05, 0) is 48.0 Å². The lowest BCUT2D eigenvalue weighted by Crippen LogP contribution is -2.23. The number of rotatable bonds is 5. The number of anilines is 1. The summed E-state index contributed by atoms with van der Waals surface area (Å²) < 4.78 is 26.8. The second-order valence-electron chi connectivity index (χ2n) is 6.68. The lowest BCUT2D eigenvalue weighted by Gasteiger charge is -2.09. The molecule has 0 spiro atoms. The van der Waals surface area contributed by atoms with Crippen molar-refractivity contribution >= 4 is 32.4 Å². The smallest absolute Gasteiger partial charge is 0.409 e. The molecule has 0 bridgehead atoms. The molecule has 1 amide bonds. The van der Waals surface area contributed by atoms with Gasteiger partial charge in [-0.2, -0.15) is 5.10 Å². The van der Waals surface area contributed by atoms with E-state index in [1.54, 1.807) is 24.3 Å². The zero-order chi connectivity index (χ0) is 22.0. The summed E-state index contributed by atoms with van der Waals surface area (Å²) in [4.78, 5) is 27.6. The van der Waals surface area contributed by atoms with E-state index in [9.17, 15) is 18.0 Å². The first kappa shape index (κ1) is 20.2. The van der Waals surface area contributed by atoms with Gasteiger partial charge in [0.1, 0.15) is 0 Å². The highest BCUT2D eigenvalue weighted by Crippen LogP contribution is 2.23. The summed E-state index contributed by atoms with van der Waals surface area (Å²) in [5.74, 6) is 0. The van der Waals surface area contributed by atoms with Gasteiger partial charge < -0.3 is 5.11 Å². The fraction of sp³-hybridized carbons (Fsp3) is 0.0476. The number of aromatic nitrogens is 3. The number of hydrogen-bond donors (Lipinski definition) is 2. The van der Waals surface area contributed by atoms with Gasteiger partial charge in [0.2, 0.25) is 9.84 Å². The number of carboxylic acid groups (broad SMARTS) is 1. The van der Waals surface area contributed by atoms with Crippen molar-refractivity contribution in [3.63, 3.8) is 0 Å². The monoisotopic (exact) mass is 436 g/mol. The Morgan fingerprint density at radius 1 is 1.03 bits per heavy atom. The summed E-state index contributed by atoms with van der Waals surface area (Å²) in [6.07, 6.45) is 3.00. The Balaban J connectivity index is 1.69. The van der Waals surface area contributed by atoms with Gasteiger partial charge in [-0.15, -0.1) is 0 Å². The highest BCUT2D eigenvalue weighted by Gasteiger charge is 2.19. The fourth-order valence-corrected chi connectivity index (χ4v) is 4.39. The molecule has 0 radical (unpaired) electrons. The molecule has 0 aliphatic heterocycles. The minimum Gasteiger partial charge on any atom is -0.465 e. The number of nitrogens with one attached hydrogen (secondary N) is 1. The SMILES string of the molecule is O=C(O)Nc1cccc(Cn2ncc3cc(S(=O)(=O)c4cccnc4)ccc3c2=O)c1. The standard InChI is InChI=1S/C21H16N4O5S/c26-20-19-7-6-17(31(29,30)18-5-2-8-22-12-18)10-15(19)11-23-25(20)13-14-3-1-4-16(9-14)24-21(27)28/h1-12,24H,13H2,(H,27,28). The van der Waals surface area contributed by atoms with Gasteiger partial charge in [0.15, 0.2) is 0 Å². The third kappa shape index (κ3) is 4.14. The molecule has 156 valence electrons. The summed E-state index contributed by atoms with van der Waals surface area (Å²) in [7, 11) is -3.77. The van der Waals surface area contributed by atoms with Crippen molar-refractivity contribution < 1.29 is 18.3 Å². The predicted molar refractivity (Wildman–Crippen MR) is 113 cm³/mol. The van der Waals surface area contributed by atoms with E-state index >= 15 is 0 Å². The van der Waals surface area contributed by atoms with Gasteiger partial charge in [-0.3, -0.25) is 15.1 Å². The van der Waals surface area contributed by atoms with E-state index in [2.05, 4.69) is 15.4 Å². The van der Waals surface area contributed by atoms with Crippen LogP contribution in [-0.4, -0.2) is 34.4 Å². The zero-order valence-corrected chi connectivity index (χ0v) is 16.8. The summed E-state index contributed by atoms with van der Waals surface area (Å²) in [5.41, 5.74) is 0.666. The largest absolute Gasteiger partial charge is 0.465 e. The topological polar surface area (TPSA) is 131 Å². The Morgan fingerprint density at radius 2 is 1.87 bits per heavy atom. The zero-order valence-electron chi connectivity index (χ0n) is 16.0. The number of pyridine rings is 1.